The zero-order valence-corrected chi connectivity index (χ0v) is 17.3. The van der Waals surface area contributed by atoms with Crippen LogP contribution in [0.1, 0.15) is 76.8 Å². The molecule has 2 aromatic rings. The van der Waals surface area contributed by atoms with Crippen molar-refractivity contribution in [3.05, 3.63) is 40.2 Å². The van der Waals surface area contributed by atoms with Crippen molar-refractivity contribution in [2.24, 2.45) is 0 Å². The first-order valence-electron chi connectivity index (χ1n) is 11.1. The van der Waals surface area contributed by atoms with Gasteiger partial charge in [0, 0.05) is 55.0 Å². The molecule has 0 aromatic carbocycles. The zero-order valence-electron chi connectivity index (χ0n) is 17.3. The van der Waals surface area contributed by atoms with Crippen LogP contribution in [0.15, 0.2) is 6.20 Å². The van der Waals surface area contributed by atoms with Gasteiger partial charge in [-0.2, -0.15) is 5.10 Å². The molecule has 154 valence electrons. The summed E-state index contributed by atoms with van der Waals surface area (Å²) in [4.78, 5) is 27.1. The number of piperidine rings is 1. The molecule has 0 bridgehead atoms. The monoisotopic (exact) mass is 394 g/mol. The van der Waals surface area contributed by atoms with E-state index in [0.717, 1.165) is 73.5 Å². The molecule has 0 saturated carbocycles. The average Bonchev–Trinajstić information content (AvgIpc) is 3.00. The normalized spacial score (nSPS) is 22.7. The third kappa shape index (κ3) is 3.68. The topological polar surface area (TPSA) is 78.0 Å². The van der Waals surface area contributed by atoms with E-state index in [4.69, 9.17) is 9.97 Å². The fourth-order valence-electron chi connectivity index (χ4n) is 5.06. The lowest BCUT2D eigenvalue weighted by Crippen LogP contribution is -2.37. The van der Waals surface area contributed by atoms with Gasteiger partial charge in [-0.1, -0.05) is 6.42 Å². The molecule has 7 heteroatoms. The van der Waals surface area contributed by atoms with E-state index in [1.54, 1.807) is 0 Å². The van der Waals surface area contributed by atoms with Gasteiger partial charge >= 0.3 is 0 Å². The molecular weight excluding hydrogens is 364 g/mol. The van der Waals surface area contributed by atoms with Gasteiger partial charge in [0.05, 0.1) is 5.69 Å². The summed E-state index contributed by atoms with van der Waals surface area (Å²) in [6, 6.07) is 0. The van der Waals surface area contributed by atoms with Crippen molar-refractivity contribution in [1.82, 2.24) is 30.0 Å². The number of aromatic nitrogens is 4. The lowest BCUT2D eigenvalue weighted by atomic mass is 9.97. The minimum Gasteiger partial charge on any atom is -0.332 e. The van der Waals surface area contributed by atoms with E-state index in [2.05, 4.69) is 22.1 Å². The second-order valence-corrected chi connectivity index (χ2v) is 8.87. The number of nitrogens with zero attached hydrogens (tertiary/aromatic N) is 5. The van der Waals surface area contributed by atoms with Gasteiger partial charge in [0.1, 0.15) is 5.82 Å². The molecule has 0 radical (unpaired) electrons. The summed E-state index contributed by atoms with van der Waals surface area (Å²) in [5.41, 5.74) is 5.14. The summed E-state index contributed by atoms with van der Waals surface area (Å²) in [6.45, 7) is 3.48. The quantitative estimate of drug-likeness (QED) is 0.792. The summed E-state index contributed by atoms with van der Waals surface area (Å²) in [7, 11) is 2.17. The van der Waals surface area contributed by atoms with Crippen LogP contribution in [0.4, 0.5) is 0 Å². The van der Waals surface area contributed by atoms with Crippen LogP contribution in [0.25, 0.3) is 0 Å². The predicted octanol–water partition coefficient (Wildman–Crippen LogP) is 2.48. The van der Waals surface area contributed by atoms with Crippen LogP contribution in [0.2, 0.25) is 0 Å². The lowest BCUT2D eigenvalue weighted by Gasteiger charge is -2.31. The van der Waals surface area contributed by atoms with Crippen LogP contribution >= 0.6 is 0 Å². The molecule has 7 nitrogen and oxygen atoms in total. The molecule has 0 spiro atoms. The average molecular weight is 395 g/mol. The predicted molar refractivity (Wildman–Crippen MR) is 110 cm³/mol. The van der Waals surface area contributed by atoms with E-state index in [-0.39, 0.29) is 5.91 Å². The Hall–Kier alpha value is -2.28. The van der Waals surface area contributed by atoms with E-state index < -0.39 is 0 Å². The molecule has 1 fully saturated rings. The van der Waals surface area contributed by atoms with Crippen molar-refractivity contribution in [3.8, 4) is 0 Å². The summed E-state index contributed by atoms with van der Waals surface area (Å²) >= 11 is 0. The summed E-state index contributed by atoms with van der Waals surface area (Å²) in [5.74, 6) is 1.46. The van der Waals surface area contributed by atoms with Crippen molar-refractivity contribution < 1.29 is 4.79 Å². The van der Waals surface area contributed by atoms with E-state index in [1.165, 1.54) is 19.3 Å². The number of likely N-dealkylation sites (tertiary alicyclic amines) is 1. The number of nitrogens with one attached hydrogen (secondary N) is 1. The van der Waals surface area contributed by atoms with Crippen LogP contribution in [-0.2, 0) is 25.8 Å². The Morgan fingerprint density at radius 1 is 1.14 bits per heavy atom. The SMILES string of the molecule is CN1CCCC(c2ncc3c(n2)CCN(C(=O)c2n[nH]c4c2CCCCC4)C3)C1. The maximum atomic E-state index is 13.2. The van der Waals surface area contributed by atoms with E-state index in [0.29, 0.717) is 24.7 Å². The Labute approximate surface area is 171 Å². The number of rotatable bonds is 2. The molecule has 5 rings (SSSR count). The molecule has 1 atom stereocenters. The van der Waals surface area contributed by atoms with Gasteiger partial charge in [-0.3, -0.25) is 9.89 Å². The van der Waals surface area contributed by atoms with Crippen molar-refractivity contribution in [1.29, 1.82) is 0 Å². The van der Waals surface area contributed by atoms with Gasteiger partial charge in [0.15, 0.2) is 5.69 Å². The van der Waals surface area contributed by atoms with Crippen LogP contribution in [0.3, 0.4) is 0 Å². The molecular formula is C22H30N6O. The van der Waals surface area contributed by atoms with E-state index >= 15 is 0 Å². The Morgan fingerprint density at radius 3 is 2.93 bits per heavy atom. The first-order valence-corrected chi connectivity index (χ1v) is 11.1. The van der Waals surface area contributed by atoms with Crippen LogP contribution in [0, 0.1) is 0 Å². The largest absolute Gasteiger partial charge is 0.332 e. The van der Waals surface area contributed by atoms with Gasteiger partial charge in [-0.05, 0) is 52.1 Å². The van der Waals surface area contributed by atoms with Gasteiger partial charge in [0.2, 0.25) is 0 Å². The fraction of sp³-hybridized carbons (Fsp3) is 0.636. The maximum Gasteiger partial charge on any atom is 0.274 e. The number of carbonyl (C=O) groups excluding carboxylic acids is 1. The lowest BCUT2D eigenvalue weighted by molar-refractivity contribution is 0.0726. The number of likely N-dealkylation sites (N-methyl/N-ethyl adjacent to an activating group) is 1. The number of carbonyl (C=O) groups is 1. The summed E-state index contributed by atoms with van der Waals surface area (Å²) in [6.07, 6.45) is 10.6. The van der Waals surface area contributed by atoms with Crippen molar-refractivity contribution in [3.63, 3.8) is 0 Å². The third-order valence-electron chi connectivity index (χ3n) is 6.74. The maximum absolute atomic E-state index is 13.2. The number of H-pyrrole nitrogens is 1. The summed E-state index contributed by atoms with van der Waals surface area (Å²) in [5, 5.41) is 7.53. The van der Waals surface area contributed by atoms with Gasteiger partial charge in [0.25, 0.3) is 5.91 Å². The molecule has 3 aliphatic rings. The highest BCUT2D eigenvalue weighted by Crippen LogP contribution is 2.27. The third-order valence-corrected chi connectivity index (χ3v) is 6.74. The van der Waals surface area contributed by atoms with Crippen molar-refractivity contribution in [2.45, 2.75) is 63.8 Å². The summed E-state index contributed by atoms with van der Waals surface area (Å²) < 4.78 is 0. The minimum absolute atomic E-state index is 0.0491. The smallest absolute Gasteiger partial charge is 0.274 e. The fourth-order valence-corrected chi connectivity index (χ4v) is 5.06. The molecule has 29 heavy (non-hydrogen) atoms. The number of aryl methyl sites for hydroxylation is 1. The van der Waals surface area contributed by atoms with E-state index in [9.17, 15) is 4.79 Å². The van der Waals surface area contributed by atoms with Gasteiger partial charge < -0.3 is 9.80 Å². The van der Waals surface area contributed by atoms with Crippen molar-refractivity contribution in [2.75, 3.05) is 26.7 Å². The molecule has 1 unspecified atom stereocenters. The van der Waals surface area contributed by atoms with Gasteiger partial charge in [-0.25, -0.2) is 9.97 Å². The molecule has 1 aliphatic carbocycles. The highest BCUT2D eigenvalue weighted by atomic mass is 16.2. The molecule has 4 heterocycles. The number of hydrogen-bond acceptors (Lipinski definition) is 5. The van der Waals surface area contributed by atoms with Crippen molar-refractivity contribution >= 4 is 5.91 Å². The Kier molecular flexibility index (Phi) is 5.08. The highest BCUT2D eigenvalue weighted by molar-refractivity contribution is 5.94. The Morgan fingerprint density at radius 2 is 2.03 bits per heavy atom. The molecule has 1 amide bonds. The molecule has 1 N–H and O–H groups in total. The zero-order chi connectivity index (χ0) is 19.8. The first kappa shape index (κ1) is 18.7. The second-order valence-electron chi connectivity index (χ2n) is 8.87. The second kappa shape index (κ2) is 7.86. The van der Waals surface area contributed by atoms with Crippen LogP contribution < -0.4 is 0 Å². The number of hydrogen-bond donors (Lipinski definition) is 1. The Bertz CT molecular complexity index is 907. The number of aromatic amines is 1. The number of amides is 1. The molecule has 1 saturated heterocycles. The van der Waals surface area contributed by atoms with E-state index in [1.807, 2.05) is 11.1 Å². The minimum atomic E-state index is 0.0491. The first-order chi connectivity index (χ1) is 14.2. The standard InChI is InChI=1S/C22H30N6O/c1-27-10-5-6-15(13-27)21-23-12-16-14-28(11-9-18(16)24-21)22(29)20-17-7-3-2-4-8-19(17)25-26-20/h12,15H,2-11,13-14H2,1H3,(H,25,26). The van der Waals surface area contributed by atoms with Gasteiger partial charge in [-0.15, -0.1) is 0 Å². The number of fused-ring (bicyclic) bond motifs is 2. The molecule has 2 aromatic heterocycles. The van der Waals surface area contributed by atoms with Crippen LogP contribution in [-0.4, -0.2) is 62.6 Å². The molecule has 2 aliphatic heterocycles. The highest BCUT2D eigenvalue weighted by Gasteiger charge is 2.29. The Balaban J connectivity index is 1.32. The van der Waals surface area contributed by atoms with Crippen LogP contribution in [0.5, 0.6) is 0 Å².